The van der Waals surface area contributed by atoms with Gasteiger partial charge in [0.1, 0.15) is 5.54 Å². The van der Waals surface area contributed by atoms with Crippen molar-refractivity contribution >= 4 is 11.9 Å². The zero-order valence-corrected chi connectivity index (χ0v) is 12.3. The molecule has 1 unspecified atom stereocenters. The van der Waals surface area contributed by atoms with Crippen molar-refractivity contribution in [2.45, 2.75) is 44.8 Å². The average molecular weight is 317 g/mol. The number of carbonyl (C=O) groups is 2. The maximum atomic E-state index is 12.1. The van der Waals surface area contributed by atoms with Crippen LogP contribution in [0.5, 0.6) is 0 Å². The summed E-state index contributed by atoms with van der Waals surface area (Å²) in [6.07, 6.45) is -5.10. The molecule has 1 atom stereocenters. The SMILES string of the molecule is CCC(C)(NC(=O)c1ccc(CCC(F)(F)F)cc1)C(=O)O. The number of carbonyl (C=O) groups excluding carboxylic acids is 1. The number of alkyl halides is 3. The van der Waals surface area contributed by atoms with E-state index in [1.165, 1.54) is 31.2 Å². The third kappa shape index (κ3) is 5.05. The standard InChI is InChI=1S/C15H18F3NO3/c1-3-14(2,13(21)22)19-12(20)11-6-4-10(5-7-11)8-9-15(16,17)18/h4-7H,3,8-9H2,1-2H3,(H,19,20)(H,21,22). The van der Waals surface area contributed by atoms with Gasteiger partial charge in [-0.1, -0.05) is 19.1 Å². The third-order valence-electron chi connectivity index (χ3n) is 3.48. The highest BCUT2D eigenvalue weighted by molar-refractivity contribution is 5.97. The van der Waals surface area contributed by atoms with Crippen molar-refractivity contribution in [1.82, 2.24) is 5.32 Å². The van der Waals surface area contributed by atoms with Crippen LogP contribution in [0, 0.1) is 0 Å². The highest BCUT2D eigenvalue weighted by Crippen LogP contribution is 2.22. The van der Waals surface area contributed by atoms with Crippen LogP contribution in [0.25, 0.3) is 0 Å². The second-order valence-corrected chi connectivity index (χ2v) is 5.26. The van der Waals surface area contributed by atoms with Gasteiger partial charge in [0.2, 0.25) is 0 Å². The summed E-state index contributed by atoms with van der Waals surface area (Å²) in [7, 11) is 0. The lowest BCUT2D eigenvalue weighted by atomic mass is 9.98. The largest absolute Gasteiger partial charge is 0.480 e. The molecule has 1 aromatic carbocycles. The fourth-order valence-electron chi connectivity index (χ4n) is 1.72. The number of carboxylic acids is 1. The highest BCUT2D eigenvalue weighted by atomic mass is 19.4. The molecule has 0 radical (unpaired) electrons. The van der Waals surface area contributed by atoms with Gasteiger partial charge in [0.05, 0.1) is 0 Å². The molecule has 0 aliphatic carbocycles. The molecule has 0 saturated carbocycles. The minimum absolute atomic E-state index is 0.160. The van der Waals surface area contributed by atoms with Crippen LogP contribution >= 0.6 is 0 Å². The summed E-state index contributed by atoms with van der Waals surface area (Å²) in [4.78, 5) is 23.1. The number of rotatable bonds is 6. The van der Waals surface area contributed by atoms with Crippen LogP contribution in [0.15, 0.2) is 24.3 Å². The van der Waals surface area contributed by atoms with Crippen molar-refractivity contribution in [2.75, 3.05) is 0 Å². The van der Waals surface area contributed by atoms with E-state index in [-0.39, 0.29) is 18.4 Å². The Balaban J connectivity index is 2.74. The van der Waals surface area contributed by atoms with E-state index in [1.807, 2.05) is 0 Å². The van der Waals surface area contributed by atoms with E-state index >= 15 is 0 Å². The van der Waals surface area contributed by atoms with Gasteiger partial charge in [-0.05, 0) is 37.5 Å². The normalized spacial score (nSPS) is 14.2. The van der Waals surface area contributed by atoms with Crippen molar-refractivity contribution < 1.29 is 27.9 Å². The number of halogens is 3. The van der Waals surface area contributed by atoms with Crippen LogP contribution < -0.4 is 5.32 Å². The highest BCUT2D eigenvalue weighted by Gasteiger charge is 2.33. The predicted octanol–water partition coefficient (Wildman–Crippen LogP) is 3.16. The number of amides is 1. The van der Waals surface area contributed by atoms with Gasteiger partial charge in [0.15, 0.2) is 0 Å². The van der Waals surface area contributed by atoms with E-state index in [4.69, 9.17) is 5.11 Å². The van der Waals surface area contributed by atoms with Gasteiger partial charge < -0.3 is 10.4 Å². The fraction of sp³-hybridized carbons (Fsp3) is 0.467. The first kappa shape index (κ1) is 18.0. The Kier molecular flexibility index (Phi) is 5.57. The molecule has 0 spiro atoms. The fourth-order valence-corrected chi connectivity index (χ4v) is 1.72. The molecular formula is C15H18F3NO3. The molecule has 0 heterocycles. The molecule has 122 valence electrons. The Morgan fingerprint density at radius 3 is 2.14 bits per heavy atom. The van der Waals surface area contributed by atoms with E-state index in [0.29, 0.717) is 5.56 Å². The molecule has 0 saturated heterocycles. The molecule has 0 aromatic heterocycles. The van der Waals surface area contributed by atoms with Gasteiger partial charge in [-0.15, -0.1) is 0 Å². The number of nitrogens with one attached hydrogen (secondary N) is 1. The van der Waals surface area contributed by atoms with E-state index in [2.05, 4.69) is 5.32 Å². The molecule has 1 rings (SSSR count). The zero-order valence-electron chi connectivity index (χ0n) is 12.3. The number of benzene rings is 1. The van der Waals surface area contributed by atoms with Crippen molar-refractivity contribution in [3.05, 3.63) is 35.4 Å². The third-order valence-corrected chi connectivity index (χ3v) is 3.48. The second kappa shape index (κ2) is 6.81. The molecule has 2 N–H and O–H groups in total. The Labute approximate surface area is 126 Å². The minimum Gasteiger partial charge on any atom is -0.480 e. The topological polar surface area (TPSA) is 66.4 Å². The van der Waals surface area contributed by atoms with Crippen molar-refractivity contribution in [3.8, 4) is 0 Å². The molecule has 0 aliphatic heterocycles. The molecule has 0 aliphatic rings. The van der Waals surface area contributed by atoms with Gasteiger partial charge in [-0.2, -0.15) is 13.2 Å². The van der Waals surface area contributed by atoms with Crippen LogP contribution in [-0.4, -0.2) is 28.7 Å². The first-order valence-corrected chi connectivity index (χ1v) is 6.79. The molecule has 4 nitrogen and oxygen atoms in total. The average Bonchev–Trinajstić information content (AvgIpc) is 2.44. The predicted molar refractivity (Wildman–Crippen MR) is 74.6 cm³/mol. The number of hydrogen-bond donors (Lipinski definition) is 2. The van der Waals surface area contributed by atoms with Crippen LogP contribution in [0.2, 0.25) is 0 Å². The van der Waals surface area contributed by atoms with E-state index in [1.54, 1.807) is 6.92 Å². The molecule has 1 amide bonds. The van der Waals surface area contributed by atoms with Gasteiger partial charge in [-0.3, -0.25) is 4.79 Å². The lowest BCUT2D eigenvalue weighted by molar-refractivity contribution is -0.143. The molecule has 1 aromatic rings. The first-order valence-electron chi connectivity index (χ1n) is 6.79. The molecule has 22 heavy (non-hydrogen) atoms. The van der Waals surface area contributed by atoms with Crippen LogP contribution in [0.1, 0.15) is 42.6 Å². The minimum atomic E-state index is -4.22. The lowest BCUT2D eigenvalue weighted by Crippen LogP contribution is -2.51. The number of hydrogen-bond acceptors (Lipinski definition) is 2. The van der Waals surface area contributed by atoms with Crippen LogP contribution in [-0.2, 0) is 11.2 Å². The zero-order chi connectivity index (χ0) is 17.0. The van der Waals surface area contributed by atoms with Crippen molar-refractivity contribution in [2.24, 2.45) is 0 Å². The summed E-state index contributed by atoms with van der Waals surface area (Å²) < 4.78 is 36.4. The molecule has 0 bridgehead atoms. The summed E-state index contributed by atoms with van der Waals surface area (Å²) in [6, 6.07) is 5.65. The number of carboxylic acid groups (broad SMARTS) is 1. The summed E-state index contributed by atoms with van der Waals surface area (Å²) >= 11 is 0. The first-order chi connectivity index (χ1) is 10.1. The maximum Gasteiger partial charge on any atom is 0.389 e. The summed E-state index contributed by atoms with van der Waals surface area (Å²) in [5, 5.41) is 11.5. The Bertz CT molecular complexity index is 540. The Morgan fingerprint density at radius 2 is 1.73 bits per heavy atom. The van der Waals surface area contributed by atoms with Gasteiger partial charge in [0, 0.05) is 12.0 Å². The Morgan fingerprint density at radius 1 is 1.18 bits per heavy atom. The van der Waals surface area contributed by atoms with Gasteiger partial charge in [-0.25, -0.2) is 4.79 Å². The summed E-state index contributed by atoms with van der Waals surface area (Å²) in [5.41, 5.74) is -0.714. The summed E-state index contributed by atoms with van der Waals surface area (Å²) in [5.74, 6) is -1.72. The molecular weight excluding hydrogens is 299 g/mol. The molecule has 7 heteroatoms. The number of aliphatic carboxylic acids is 1. The quantitative estimate of drug-likeness (QED) is 0.847. The number of aryl methyl sites for hydroxylation is 1. The van der Waals surface area contributed by atoms with Crippen molar-refractivity contribution in [1.29, 1.82) is 0 Å². The van der Waals surface area contributed by atoms with Crippen LogP contribution in [0.4, 0.5) is 13.2 Å². The lowest BCUT2D eigenvalue weighted by Gasteiger charge is -2.24. The monoisotopic (exact) mass is 317 g/mol. The molecule has 0 fully saturated rings. The van der Waals surface area contributed by atoms with E-state index in [9.17, 15) is 22.8 Å². The van der Waals surface area contributed by atoms with Gasteiger partial charge in [0.25, 0.3) is 5.91 Å². The van der Waals surface area contributed by atoms with Crippen LogP contribution in [0.3, 0.4) is 0 Å². The smallest absolute Gasteiger partial charge is 0.389 e. The second-order valence-electron chi connectivity index (χ2n) is 5.26. The Hall–Kier alpha value is -2.05. The van der Waals surface area contributed by atoms with E-state index < -0.39 is 30.0 Å². The van der Waals surface area contributed by atoms with Gasteiger partial charge >= 0.3 is 12.1 Å². The van der Waals surface area contributed by atoms with E-state index in [0.717, 1.165) is 0 Å². The van der Waals surface area contributed by atoms with Crippen molar-refractivity contribution in [3.63, 3.8) is 0 Å². The maximum absolute atomic E-state index is 12.1. The summed E-state index contributed by atoms with van der Waals surface area (Å²) in [6.45, 7) is 3.03.